The second-order valence-electron chi connectivity index (χ2n) is 8.52. The highest BCUT2D eigenvalue weighted by Crippen LogP contribution is 2.35. The van der Waals surface area contributed by atoms with Gasteiger partial charge in [-0.15, -0.1) is 0 Å². The summed E-state index contributed by atoms with van der Waals surface area (Å²) in [4.78, 5) is 13.1. The van der Waals surface area contributed by atoms with E-state index >= 15 is 0 Å². The van der Waals surface area contributed by atoms with E-state index in [1.807, 2.05) is 12.1 Å². The van der Waals surface area contributed by atoms with Gasteiger partial charge in [-0.25, -0.2) is 4.21 Å². The van der Waals surface area contributed by atoms with Crippen molar-refractivity contribution in [2.45, 2.75) is 46.1 Å². The van der Waals surface area contributed by atoms with E-state index in [0.717, 1.165) is 16.9 Å². The molecule has 0 bridgehead atoms. The fourth-order valence-electron chi connectivity index (χ4n) is 3.78. The van der Waals surface area contributed by atoms with Gasteiger partial charge in [-0.1, -0.05) is 50.8 Å². The maximum atomic E-state index is 12.8. The number of carbonyl (C=O) groups excluding carboxylic acids is 1. The van der Waals surface area contributed by atoms with Crippen molar-refractivity contribution >= 4 is 17.0 Å². The third kappa shape index (κ3) is 8.33. The van der Waals surface area contributed by atoms with Gasteiger partial charge in [0.15, 0.2) is 11.5 Å². The van der Waals surface area contributed by atoms with Gasteiger partial charge in [0, 0.05) is 12.1 Å². The number of carbonyl (C=O) groups is 1. The summed E-state index contributed by atoms with van der Waals surface area (Å²) in [7, 11) is 3.11. The van der Waals surface area contributed by atoms with E-state index in [0.29, 0.717) is 40.7 Å². The molecular weight excluding hydrogens is 490 g/mol. The van der Waals surface area contributed by atoms with Crippen LogP contribution >= 0.6 is 0 Å². The predicted molar refractivity (Wildman–Crippen MR) is 148 cm³/mol. The number of benzene rings is 2. The minimum absolute atomic E-state index is 0.0208. The summed E-state index contributed by atoms with van der Waals surface area (Å²) in [5, 5.41) is 13.0. The summed E-state index contributed by atoms with van der Waals surface area (Å²) >= 11 is -1.88. The fraction of sp³-hybridized carbons (Fsp3) is 0.345. The average molecular weight is 528 g/mol. The summed E-state index contributed by atoms with van der Waals surface area (Å²) in [6.07, 6.45) is 7.15. The third-order valence-electron chi connectivity index (χ3n) is 5.67. The number of allylic oxidation sites excluding steroid dienone is 4. The van der Waals surface area contributed by atoms with E-state index in [2.05, 4.69) is 31.8 Å². The van der Waals surface area contributed by atoms with Crippen LogP contribution in [0.5, 0.6) is 17.2 Å². The highest BCUT2D eigenvalue weighted by atomic mass is 32.2. The maximum Gasteiger partial charge on any atom is 0.240 e. The van der Waals surface area contributed by atoms with Crippen LogP contribution in [-0.4, -0.2) is 36.0 Å². The van der Waals surface area contributed by atoms with E-state index in [-0.39, 0.29) is 18.1 Å². The van der Waals surface area contributed by atoms with Crippen molar-refractivity contribution in [1.29, 1.82) is 0 Å². The molecule has 0 spiro atoms. The minimum Gasteiger partial charge on any atom is -0.496 e. The van der Waals surface area contributed by atoms with E-state index in [4.69, 9.17) is 13.7 Å². The van der Waals surface area contributed by atoms with Gasteiger partial charge in [0.25, 0.3) is 0 Å². The molecule has 1 amide bonds. The lowest BCUT2D eigenvalue weighted by Crippen LogP contribution is -2.27. The maximum absolute atomic E-state index is 12.8. The molecular formula is C29H37NO6S. The normalized spacial score (nSPS) is 12.5. The molecule has 8 heteroatoms. The van der Waals surface area contributed by atoms with Gasteiger partial charge in [0.2, 0.25) is 17.0 Å². The average Bonchev–Trinajstić information content (AvgIpc) is 2.88. The van der Waals surface area contributed by atoms with Crippen LogP contribution in [0.3, 0.4) is 0 Å². The molecule has 7 nitrogen and oxygen atoms in total. The zero-order valence-electron chi connectivity index (χ0n) is 22.2. The van der Waals surface area contributed by atoms with Crippen molar-refractivity contribution in [1.82, 2.24) is 5.32 Å². The van der Waals surface area contributed by atoms with Gasteiger partial charge < -0.3 is 24.1 Å². The van der Waals surface area contributed by atoms with Crippen molar-refractivity contribution in [3.8, 4) is 17.2 Å². The number of aliphatic hydroxyl groups excluding tert-OH is 1. The topological polar surface area (TPSA) is 94.1 Å². The lowest BCUT2D eigenvalue weighted by molar-refractivity contribution is -0.120. The molecule has 0 aliphatic rings. The van der Waals surface area contributed by atoms with Crippen LogP contribution in [0.2, 0.25) is 0 Å². The Balaban J connectivity index is 2.15. The molecule has 0 radical (unpaired) electrons. The molecule has 2 aromatic rings. The van der Waals surface area contributed by atoms with Crippen molar-refractivity contribution in [3.63, 3.8) is 0 Å². The molecule has 0 saturated carbocycles. The molecule has 200 valence electrons. The van der Waals surface area contributed by atoms with Gasteiger partial charge in [-0.3, -0.25) is 4.79 Å². The Labute approximate surface area is 222 Å². The number of ether oxygens (including phenoxy) is 2. The predicted octanol–water partition coefficient (Wildman–Crippen LogP) is 4.91. The molecule has 0 heterocycles. The van der Waals surface area contributed by atoms with Crippen LogP contribution in [0, 0.1) is 0 Å². The van der Waals surface area contributed by atoms with E-state index in [1.54, 1.807) is 44.4 Å². The fourth-order valence-corrected chi connectivity index (χ4v) is 4.67. The number of rotatable bonds is 14. The first-order chi connectivity index (χ1) is 17.8. The summed E-state index contributed by atoms with van der Waals surface area (Å²) < 4.78 is 29.4. The van der Waals surface area contributed by atoms with Crippen LogP contribution in [0.4, 0.5) is 0 Å². The molecule has 0 aliphatic heterocycles. The molecule has 0 aliphatic carbocycles. The standard InChI is InChI=1S/C29H37NO6S/c1-7-9-23(10-8-2)37(33)36-29-25(19-31)22(12-14-27(29)35-6)18-28(32)30-16-15-21-11-13-26(34-5)24(17-21)20(3)4/h7-14,17,20,31H,1,15-16,18-19H2,2-6H3,(H,30,32)/b10-8-,23-9+. The number of methoxy groups -OCH3 is 2. The molecule has 0 saturated heterocycles. The first kappa shape index (κ1) is 29.9. The summed E-state index contributed by atoms with van der Waals surface area (Å²) in [5.41, 5.74) is 3.13. The largest absolute Gasteiger partial charge is 0.496 e. The number of aliphatic hydroxyl groups is 1. The SMILES string of the molecule is C=C/C=C(\C=C/C)S(=O)Oc1c(OC)ccc(CC(=O)NCCc2ccc(OC)c(C(C)C)c2)c1CO. The third-order valence-corrected chi connectivity index (χ3v) is 6.64. The second kappa shape index (κ2) is 15.0. The van der Waals surface area contributed by atoms with Crippen molar-refractivity contribution < 1.29 is 27.8 Å². The summed E-state index contributed by atoms with van der Waals surface area (Å²) in [6, 6.07) is 9.39. The highest BCUT2D eigenvalue weighted by Gasteiger charge is 2.20. The molecule has 0 fully saturated rings. The Hall–Kier alpha value is -3.36. The second-order valence-corrected chi connectivity index (χ2v) is 9.63. The Kier molecular flexibility index (Phi) is 12.1. The lowest BCUT2D eigenvalue weighted by Gasteiger charge is -2.17. The molecule has 2 N–H and O–H groups in total. The Morgan fingerprint density at radius 2 is 1.86 bits per heavy atom. The quantitative estimate of drug-likeness (QED) is 0.339. The molecule has 2 aromatic carbocycles. The molecule has 37 heavy (non-hydrogen) atoms. The van der Waals surface area contributed by atoms with Gasteiger partial charge in [0.1, 0.15) is 5.75 Å². The number of nitrogens with one attached hydrogen (secondary N) is 1. The van der Waals surface area contributed by atoms with Crippen LogP contribution in [-0.2, 0) is 35.3 Å². The lowest BCUT2D eigenvalue weighted by atomic mass is 9.98. The molecule has 1 unspecified atom stereocenters. The van der Waals surface area contributed by atoms with Gasteiger partial charge in [0.05, 0.1) is 32.2 Å². The number of hydrogen-bond donors (Lipinski definition) is 2. The molecule has 0 aromatic heterocycles. The van der Waals surface area contributed by atoms with Crippen molar-refractivity contribution in [3.05, 3.63) is 88.4 Å². The summed E-state index contributed by atoms with van der Waals surface area (Å²) in [6.45, 7) is 9.70. The first-order valence-corrected chi connectivity index (χ1v) is 13.2. The van der Waals surface area contributed by atoms with Crippen LogP contribution in [0.15, 0.2) is 66.1 Å². The number of hydrogen-bond acceptors (Lipinski definition) is 6. The Bertz CT molecular complexity index is 1170. The van der Waals surface area contributed by atoms with E-state index < -0.39 is 17.7 Å². The monoisotopic (exact) mass is 527 g/mol. The van der Waals surface area contributed by atoms with Gasteiger partial charge in [-0.05, 0) is 60.2 Å². The Morgan fingerprint density at radius 3 is 2.46 bits per heavy atom. The smallest absolute Gasteiger partial charge is 0.240 e. The molecule has 1 atom stereocenters. The van der Waals surface area contributed by atoms with Crippen molar-refractivity contribution in [2.75, 3.05) is 20.8 Å². The number of amides is 1. The zero-order valence-corrected chi connectivity index (χ0v) is 23.0. The first-order valence-electron chi connectivity index (χ1n) is 12.1. The van der Waals surface area contributed by atoms with Crippen LogP contribution in [0.25, 0.3) is 0 Å². The Morgan fingerprint density at radius 1 is 1.16 bits per heavy atom. The van der Waals surface area contributed by atoms with Gasteiger partial charge in [-0.2, -0.15) is 0 Å². The minimum atomic E-state index is -1.88. The van der Waals surface area contributed by atoms with E-state index in [9.17, 15) is 14.1 Å². The van der Waals surface area contributed by atoms with Crippen LogP contribution in [0.1, 0.15) is 48.9 Å². The highest BCUT2D eigenvalue weighted by molar-refractivity contribution is 7.84. The van der Waals surface area contributed by atoms with Crippen LogP contribution < -0.4 is 19.0 Å². The van der Waals surface area contributed by atoms with Crippen molar-refractivity contribution in [2.24, 2.45) is 0 Å². The van der Waals surface area contributed by atoms with Gasteiger partial charge >= 0.3 is 0 Å². The zero-order chi connectivity index (χ0) is 27.4. The molecule has 2 rings (SSSR count). The van der Waals surface area contributed by atoms with E-state index in [1.165, 1.54) is 13.2 Å². The summed E-state index contributed by atoms with van der Waals surface area (Å²) in [5.74, 6) is 1.41.